The van der Waals surface area contributed by atoms with E-state index < -0.39 is 0 Å². The summed E-state index contributed by atoms with van der Waals surface area (Å²) in [5.41, 5.74) is 7.65. The van der Waals surface area contributed by atoms with Crippen LogP contribution in [-0.4, -0.2) is 24.5 Å². The van der Waals surface area contributed by atoms with Gasteiger partial charge in [0, 0.05) is 16.8 Å². The van der Waals surface area contributed by atoms with Crippen molar-refractivity contribution in [1.29, 1.82) is 0 Å². The number of carbonyl (C=O) groups excluding carboxylic acids is 2. The summed E-state index contributed by atoms with van der Waals surface area (Å²) in [4.78, 5) is 25.9. The predicted octanol–water partition coefficient (Wildman–Crippen LogP) is 2.48. The Morgan fingerprint density at radius 3 is 2.70 bits per heavy atom. The van der Waals surface area contributed by atoms with E-state index in [4.69, 9.17) is 10.5 Å². The van der Waals surface area contributed by atoms with Crippen LogP contribution in [0.1, 0.15) is 52.9 Å². The molecule has 0 spiro atoms. The van der Waals surface area contributed by atoms with E-state index in [1.165, 1.54) is 16.2 Å². The first-order valence-electron chi connectivity index (χ1n) is 8.50. The second-order valence-corrected chi connectivity index (χ2v) is 8.12. The fraction of sp³-hybridized carbons (Fsp3) is 0.647. The summed E-state index contributed by atoms with van der Waals surface area (Å²) in [5.74, 6) is 0.380. The van der Waals surface area contributed by atoms with Crippen molar-refractivity contribution in [2.75, 3.05) is 11.9 Å². The minimum atomic E-state index is -0.297. The van der Waals surface area contributed by atoms with Gasteiger partial charge in [0.05, 0.1) is 12.2 Å². The number of nitrogens with two attached hydrogens (primary N) is 1. The van der Waals surface area contributed by atoms with Gasteiger partial charge in [0.1, 0.15) is 5.00 Å². The largest absolute Gasteiger partial charge is 0.462 e. The normalized spacial score (nSPS) is 23.3. The summed E-state index contributed by atoms with van der Waals surface area (Å²) >= 11 is 1.53. The highest BCUT2D eigenvalue weighted by atomic mass is 32.1. The molecule has 1 aromatic rings. The number of nitrogens with one attached hydrogen (secondary N) is 1. The SMILES string of the molecule is NC1CCc2sc(NC(=O)C3CC3)c(C(=O)OCC3CC3)c2C1. The highest BCUT2D eigenvalue weighted by molar-refractivity contribution is 7.17. The van der Waals surface area contributed by atoms with Gasteiger partial charge in [0.2, 0.25) is 5.91 Å². The molecule has 1 heterocycles. The first kappa shape index (κ1) is 15.1. The van der Waals surface area contributed by atoms with E-state index in [-0.39, 0.29) is 23.8 Å². The van der Waals surface area contributed by atoms with Gasteiger partial charge in [0.15, 0.2) is 0 Å². The monoisotopic (exact) mass is 334 g/mol. The lowest BCUT2D eigenvalue weighted by Crippen LogP contribution is -2.28. The number of thiophene rings is 1. The van der Waals surface area contributed by atoms with Crippen molar-refractivity contribution in [3.8, 4) is 0 Å². The molecule has 1 atom stereocenters. The Hall–Kier alpha value is -1.40. The lowest BCUT2D eigenvalue weighted by Gasteiger charge is -2.18. The fourth-order valence-electron chi connectivity index (χ4n) is 3.02. The van der Waals surface area contributed by atoms with E-state index in [0.717, 1.165) is 44.1 Å². The van der Waals surface area contributed by atoms with Gasteiger partial charge in [-0.2, -0.15) is 0 Å². The molecular formula is C17H22N2O3S. The molecule has 2 saturated carbocycles. The van der Waals surface area contributed by atoms with Crippen molar-refractivity contribution in [3.63, 3.8) is 0 Å². The van der Waals surface area contributed by atoms with E-state index >= 15 is 0 Å². The lowest BCUT2D eigenvalue weighted by molar-refractivity contribution is -0.117. The van der Waals surface area contributed by atoms with E-state index in [0.29, 0.717) is 29.5 Å². The standard InChI is InChI=1S/C17H22N2O3S/c18-11-5-6-13-12(7-11)14(17(21)22-8-9-1-2-9)16(23-13)19-15(20)10-3-4-10/h9-11H,1-8,18H2,(H,19,20). The lowest BCUT2D eigenvalue weighted by atomic mass is 9.92. The van der Waals surface area contributed by atoms with Crippen molar-refractivity contribution in [3.05, 3.63) is 16.0 Å². The molecule has 2 fully saturated rings. The summed E-state index contributed by atoms with van der Waals surface area (Å²) in [6, 6.07) is 0.0825. The third-order valence-corrected chi connectivity index (χ3v) is 6.04. The number of aryl methyl sites for hydroxylation is 1. The van der Waals surface area contributed by atoms with E-state index in [2.05, 4.69) is 5.32 Å². The molecule has 0 saturated heterocycles. The van der Waals surface area contributed by atoms with Crippen molar-refractivity contribution < 1.29 is 14.3 Å². The third kappa shape index (κ3) is 3.28. The highest BCUT2D eigenvalue weighted by Crippen LogP contribution is 2.40. The first-order chi connectivity index (χ1) is 11.1. The Balaban J connectivity index is 1.60. The molecule has 1 amide bonds. The molecule has 5 nitrogen and oxygen atoms in total. The average Bonchev–Trinajstić information content (AvgIpc) is 3.42. The van der Waals surface area contributed by atoms with Crippen LogP contribution in [-0.2, 0) is 22.4 Å². The minimum absolute atomic E-state index is 0.0316. The summed E-state index contributed by atoms with van der Waals surface area (Å²) in [7, 11) is 0. The van der Waals surface area contributed by atoms with Gasteiger partial charge in [-0.05, 0) is 56.4 Å². The number of hydrogen-bond donors (Lipinski definition) is 2. The maximum Gasteiger partial charge on any atom is 0.341 e. The molecule has 3 aliphatic rings. The number of ether oxygens (including phenoxy) is 1. The molecule has 3 N–H and O–H groups in total. The Morgan fingerprint density at radius 2 is 2.00 bits per heavy atom. The van der Waals surface area contributed by atoms with E-state index in [9.17, 15) is 9.59 Å². The van der Waals surface area contributed by atoms with Crippen LogP contribution in [0, 0.1) is 11.8 Å². The van der Waals surface area contributed by atoms with Crippen molar-refractivity contribution >= 4 is 28.2 Å². The van der Waals surface area contributed by atoms with E-state index in [1.807, 2.05) is 0 Å². The smallest absolute Gasteiger partial charge is 0.341 e. The maximum atomic E-state index is 12.6. The maximum absolute atomic E-state index is 12.6. The van der Waals surface area contributed by atoms with Gasteiger partial charge in [-0.25, -0.2) is 4.79 Å². The summed E-state index contributed by atoms with van der Waals surface area (Å²) in [5, 5.41) is 3.63. The summed E-state index contributed by atoms with van der Waals surface area (Å²) in [6.45, 7) is 0.492. The van der Waals surface area contributed by atoms with Crippen LogP contribution < -0.4 is 11.1 Å². The highest BCUT2D eigenvalue weighted by Gasteiger charge is 2.34. The minimum Gasteiger partial charge on any atom is -0.462 e. The van der Waals surface area contributed by atoms with Crippen LogP contribution >= 0.6 is 11.3 Å². The van der Waals surface area contributed by atoms with Gasteiger partial charge in [0.25, 0.3) is 0 Å². The number of fused-ring (bicyclic) bond motifs is 1. The summed E-state index contributed by atoms with van der Waals surface area (Å²) in [6.07, 6.45) is 6.69. The van der Waals surface area contributed by atoms with Crippen molar-refractivity contribution in [2.24, 2.45) is 17.6 Å². The van der Waals surface area contributed by atoms with Crippen LogP contribution in [0.5, 0.6) is 0 Å². The zero-order valence-corrected chi connectivity index (χ0v) is 13.9. The zero-order chi connectivity index (χ0) is 16.0. The number of amides is 1. The number of anilines is 1. The molecule has 4 rings (SSSR count). The molecule has 3 aliphatic carbocycles. The van der Waals surface area contributed by atoms with Gasteiger partial charge in [-0.3, -0.25) is 4.79 Å². The van der Waals surface area contributed by atoms with Crippen LogP contribution in [0.15, 0.2) is 0 Å². The molecule has 1 unspecified atom stereocenters. The molecule has 6 heteroatoms. The van der Waals surface area contributed by atoms with Crippen LogP contribution in [0.4, 0.5) is 5.00 Å². The molecule has 0 radical (unpaired) electrons. The van der Waals surface area contributed by atoms with E-state index in [1.54, 1.807) is 0 Å². The number of rotatable bonds is 5. The number of carbonyl (C=O) groups is 2. The second-order valence-electron chi connectivity index (χ2n) is 7.02. The Bertz CT molecular complexity index is 647. The van der Waals surface area contributed by atoms with Gasteiger partial charge >= 0.3 is 5.97 Å². The Labute approximate surface area is 139 Å². The Morgan fingerprint density at radius 1 is 1.22 bits per heavy atom. The van der Waals surface area contributed by atoms with Crippen LogP contribution in [0.3, 0.4) is 0 Å². The fourth-order valence-corrected chi connectivity index (χ4v) is 4.26. The third-order valence-electron chi connectivity index (χ3n) is 4.84. The predicted molar refractivity (Wildman–Crippen MR) is 88.7 cm³/mol. The molecular weight excluding hydrogens is 312 g/mol. The number of hydrogen-bond acceptors (Lipinski definition) is 5. The van der Waals surface area contributed by atoms with Crippen molar-refractivity contribution in [2.45, 2.75) is 51.0 Å². The second kappa shape index (κ2) is 5.91. The topological polar surface area (TPSA) is 81.4 Å². The summed E-state index contributed by atoms with van der Waals surface area (Å²) < 4.78 is 5.49. The molecule has 0 aliphatic heterocycles. The first-order valence-corrected chi connectivity index (χ1v) is 9.31. The van der Waals surface area contributed by atoms with Crippen molar-refractivity contribution in [1.82, 2.24) is 0 Å². The Kier molecular flexibility index (Phi) is 3.89. The molecule has 0 bridgehead atoms. The van der Waals surface area contributed by atoms with Gasteiger partial charge < -0.3 is 15.8 Å². The van der Waals surface area contributed by atoms with Crippen LogP contribution in [0.25, 0.3) is 0 Å². The molecule has 1 aromatic heterocycles. The van der Waals surface area contributed by atoms with Crippen LogP contribution in [0.2, 0.25) is 0 Å². The molecule has 0 aromatic carbocycles. The molecule has 23 heavy (non-hydrogen) atoms. The molecule has 124 valence electrons. The quantitative estimate of drug-likeness (QED) is 0.811. The average molecular weight is 334 g/mol. The van der Waals surface area contributed by atoms with Gasteiger partial charge in [-0.1, -0.05) is 0 Å². The zero-order valence-electron chi connectivity index (χ0n) is 13.1. The van der Waals surface area contributed by atoms with Gasteiger partial charge in [-0.15, -0.1) is 11.3 Å². The number of esters is 1.